The first-order valence-corrected chi connectivity index (χ1v) is 7.88. The Morgan fingerprint density at radius 2 is 1.71 bits per heavy atom. The molecule has 0 radical (unpaired) electrons. The first-order valence-electron chi connectivity index (χ1n) is 7.12. The van der Waals surface area contributed by atoms with Gasteiger partial charge in [0.2, 0.25) is 5.91 Å². The number of rotatable bonds is 4. The summed E-state index contributed by atoms with van der Waals surface area (Å²) in [6.07, 6.45) is 3.05. The summed E-state index contributed by atoms with van der Waals surface area (Å²) in [5, 5.41) is 3.55. The van der Waals surface area contributed by atoms with Gasteiger partial charge in [-0.25, -0.2) is 0 Å². The van der Waals surface area contributed by atoms with E-state index in [9.17, 15) is 9.59 Å². The zero-order valence-electron chi connectivity index (χ0n) is 13.2. The predicted octanol–water partition coefficient (Wildman–Crippen LogP) is 4.35. The van der Waals surface area contributed by atoms with Gasteiger partial charge in [0.15, 0.2) is 0 Å². The van der Waals surface area contributed by atoms with Gasteiger partial charge in [0.05, 0.1) is 10.7 Å². The molecule has 0 unspecified atom stereocenters. The van der Waals surface area contributed by atoms with E-state index in [1.807, 2.05) is 0 Å². The number of hydrogen-bond donors (Lipinski definition) is 1. The molecule has 124 valence electrons. The molecule has 0 heterocycles. The van der Waals surface area contributed by atoms with Crippen molar-refractivity contribution in [2.75, 3.05) is 19.4 Å². The topological polar surface area (TPSA) is 49.4 Å². The first-order chi connectivity index (χ1) is 11.4. The standard InChI is InChI=1S/C18H16Cl2N2O2/c1-22(2)18(24)13-6-3-12(4-7-13)5-10-17(23)21-16-9-8-14(19)11-15(16)20/h3-11H,1-2H3,(H,21,23)/b10-5+. The lowest BCUT2D eigenvalue weighted by Gasteiger charge is -2.09. The van der Waals surface area contributed by atoms with Gasteiger partial charge in [-0.1, -0.05) is 35.3 Å². The van der Waals surface area contributed by atoms with Gasteiger partial charge in [0.1, 0.15) is 0 Å². The summed E-state index contributed by atoms with van der Waals surface area (Å²) in [4.78, 5) is 25.2. The molecule has 0 aliphatic heterocycles. The van der Waals surface area contributed by atoms with Crippen LogP contribution in [0.1, 0.15) is 15.9 Å². The van der Waals surface area contributed by atoms with E-state index < -0.39 is 0 Å². The lowest BCUT2D eigenvalue weighted by molar-refractivity contribution is -0.111. The molecule has 0 bridgehead atoms. The van der Waals surface area contributed by atoms with Gasteiger partial charge >= 0.3 is 0 Å². The van der Waals surface area contributed by atoms with Crippen molar-refractivity contribution in [1.29, 1.82) is 0 Å². The van der Waals surface area contributed by atoms with Crippen LogP contribution in [0, 0.1) is 0 Å². The zero-order valence-corrected chi connectivity index (χ0v) is 14.7. The minimum atomic E-state index is -0.312. The molecule has 0 saturated heterocycles. The van der Waals surface area contributed by atoms with E-state index >= 15 is 0 Å². The third kappa shape index (κ3) is 4.85. The van der Waals surface area contributed by atoms with Crippen LogP contribution < -0.4 is 5.32 Å². The Morgan fingerprint density at radius 3 is 2.29 bits per heavy atom. The molecule has 2 rings (SSSR count). The van der Waals surface area contributed by atoms with E-state index in [0.29, 0.717) is 21.3 Å². The van der Waals surface area contributed by atoms with Crippen molar-refractivity contribution in [3.63, 3.8) is 0 Å². The van der Waals surface area contributed by atoms with Crippen molar-refractivity contribution in [3.05, 3.63) is 69.7 Å². The second kappa shape index (κ2) is 7.99. The Labute approximate surface area is 150 Å². The Hall–Kier alpha value is -2.30. The van der Waals surface area contributed by atoms with Crippen molar-refractivity contribution < 1.29 is 9.59 Å². The highest BCUT2D eigenvalue weighted by Crippen LogP contribution is 2.25. The predicted molar refractivity (Wildman–Crippen MR) is 98.6 cm³/mol. The highest BCUT2D eigenvalue weighted by Gasteiger charge is 2.07. The molecule has 2 amide bonds. The van der Waals surface area contributed by atoms with Crippen molar-refractivity contribution in [2.24, 2.45) is 0 Å². The maximum Gasteiger partial charge on any atom is 0.253 e. The minimum Gasteiger partial charge on any atom is -0.345 e. The number of carbonyl (C=O) groups is 2. The van der Waals surface area contributed by atoms with Crippen molar-refractivity contribution in [1.82, 2.24) is 4.90 Å². The molecule has 1 N–H and O–H groups in total. The van der Waals surface area contributed by atoms with Crippen molar-refractivity contribution >= 4 is 46.8 Å². The van der Waals surface area contributed by atoms with Crippen LogP contribution in [0.2, 0.25) is 10.0 Å². The van der Waals surface area contributed by atoms with Crippen LogP contribution in [0.5, 0.6) is 0 Å². The molecule has 0 aliphatic carbocycles. The van der Waals surface area contributed by atoms with Gasteiger partial charge in [0.25, 0.3) is 5.91 Å². The van der Waals surface area contributed by atoms with Crippen LogP contribution in [0.25, 0.3) is 6.08 Å². The second-order valence-electron chi connectivity index (χ2n) is 5.27. The third-order valence-electron chi connectivity index (χ3n) is 3.18. The van der Waals surface area contributed by atoms with E-state index in [-0.39, 0.29) is 11.8 Å². The van der Waals surface area contributed by atoms with Crippen LogP contribution in [0.4, 0.5) is 5.69 Å². The van der Waals surface area contributed by atoms with Gasteiger partial charge in [0, 0.05) is 30.8 Å². The molecule has 24 heavy (non-hydrogen) atoms. The summed E-state index contributed by atoms with van der Waals surface area (Å²) in [6.45, 7) is 0. The second-order valence-corrected chi connectivity index (χ2v) is 6.11. The summed E-state index contributed by atoms with van der Waals surface area (Å²) in [7, 11) is 3.39. The summed E-state index contributed by atoms with van der Waals surface area (Å²) >= 11 is 11.8. The van der Waals surface area contributed by atoms with Crippen molar-refractivity contribution in [3.8, 4) is 0 Å². The highest BCUT2D eigenvalue weighted by atomic mass is 35.5. The number of nitrogens with one attached hydrogen (secondary N) is 1. The number of anilines is 1. The van der Waals surface area contributed by atoms with Gasteiger partial charge in [-0.2, -0.15) is 0 Å². The Balaban J connectivity index is 2.02. The van der Waals surface area contributed by atoms with Crippen molar-refractivity contribution in [2.45, 2.75) is 0 Å². The first kappa shape index (κ1) is 18.0. The summed E-state index contributed by atoms with van der Waals surface area (Å²) in [5.74, 6) is -0.381. The van der Waals surface area contributed by atoms with Gasteiger partial charge < -0.3 is 10.2 Å². The number of hydrogen-bond acceptors (Lipinski definition) is 2. The summed E-state index contributed by atoms with van der Waals surface area (Å²) in [6, 6.07) is 11.8. The van der Waals surface area contributed by atoms with E-state index in [2.05, 4.69) is 5.32 Å². The largest absolute Gasteiger partial charge is 0.345 e. The smallest absolute Gasteiger partial charge is 0.253 e. The van der Waals surface area contributed by atoms with Crippen LogP contribution in [0.15, 0.2) is 48.5 Å². The Bertz CT molecular complexity index is 784. The maximum absolute atomic E-state index is 11.9. The zero-order chi connectivity index (χ0) is 17.7. The fourth-order valence-corrected chi connectivity index (χ4v) is 2.39. The molecule has 0 saturated carbocycles. The molecular weight excluding hydrogens is 347 g/mol. The lowest BCUT2D eigenvalue weighted by Crippen LogP contribution is -2.21. The van der Waals surface area contributed by atoms with Crippen LogP contribution in [-0.4, -0.2) is 30.8 Å². The maximum atomic E-state index is 11.9. The molecule has 2 aromatic rings. The molecule has 0 aliphatic rings. The van der Waals surface area contributed by atoms with Gasteiger partial charge in [-0.05, 0) is 42.0 Å². The quantitative estimate of drug-likeness (QED) is 0.822. The van der Waals surface area contributed by atoms with Crippen LogP contribution in [-0.2, 0) is 4.79 Å². The molecule has 6 heteroatoms. The molecule has 0 spiro atoms. The molecule has 0 aromatic heterocycles. The Kier molecular flexibility index (Phi) is 6.01. The monoisotopic (exact) mass is 362 g/mol. The fourth-order valence-electron chi connectivity index (χ4n) is 1.93. The number of nitrogens with zero attached hydrogens (tertiary/aromatic N) is 1. The van der Waals surface area contributed by atoms with E-state index in [0.717, 1.165) is 5.56 Å². The average Bonchev–Trinajstić information content (AvgIpc) is 2.55. The molecular formula is C18H16Cl2N2O2. The normalized spacial score (nSPS) is 10.7. The minimum absolute atomic E-state index is 0.0688. The molecule has 0 fully saturated rings. The van der Waals surface area contributed by atoms with Crippen LogP contribution in [0.3, 0.4) is 0 Å². The summed E-state index contributed by atoms with van der Waals surface area (Å²) in [5.41, 5.74) is 1.89. The number of amides is 2. The van der Waals surface area contributed by atoms with Gasteiger partial charge in [-0.3, -0.25) is 9.59 Å². The molecule has 0 atom stereocenters. The third-order valence-corrected chi connectivity index (χ3v) is 3.73. The number of halogens is 2. The highest BCUT2D eigenvalue weighted by molar-refractivity contribution is 6.36. The average molecular weight is 363 g/mol. The fraction of sp³-hybridized carbons (Fsp3) is 0.111. The molecule has 2 aromatic carbocycles. The number of benzene rings is 2. The van der Waals surface area contributed by atoms with Crippen LogP contribution >= 0.6 is 23.2 Å². The van der Waals surface area contributed by atoms with Gasteiger partial charge in [-0.15, -0.1) is 0 Å². The van der Waals surface area contributed by atoms with E-state index in [4.69, 9.17) is 23.2 Å². The molecule has 4 nitrogen and oxygen atoms in total. The summed E-state index contributed by atoms with van der Waals surface area (Å²) < 4.78 is 0. The SMILES string of the molecule is CN(C)C(=O)c1ccc(/C=C/C(=O)Nc2ccc(Cl)cc2Cl)cc1. The van der Waals surface area contributed by atoms with E-state index in [1.165, 1.54) is 11.0 Å². The lowest BCUT2D eigenvalue weighted by atomic mass is 10.1. The van der Waals surface area contributed by atoms with E-state index in [1.54, 1.807) is 62.6 Å². The Morgan fingerprint density at radius 1 is 1.04 bits per heavy atom. The number of carbonyl (C=O) groups excluding carboxylic acids is 2.